The van der Waals surface area contributed by atoms with Crippen LogP contribution in [0.25, 0.3) is 0 Å². The SMILES string of the molecule is CC1CCN(C)C(CCO)C(=O)N1. The molecule has 1 amide bonds. The normalized spacial score (nSPS) is 31.2. The lowest BCUT2D eigenvalue weighted by Gasteiger charge is -2.22. The number of amides is 1. The van der Waals surface area contributed by atoms with Gasteiger partial charge in [0.25, 0.3) is 0 Å². The summed E-state index contributed by atoms with van der Waals surface area (Å²) in [5.41, 5.74) is 0. The predicted octanol–water partition coefficient (Wildman–Crippen LogP) is -0.422. The van der Waals surface area contributed by atoms with Crippen LogP contribution in [0, 0.1) is 0 Å². The summed E-state index contributed by atoms with van der Waals surface area (Å²) in [6, 6.07) is 0.0913. The summed E-state index contributed by atoms with van der Waals surface area (Å²) in [5, 5.41) is 11.7. The molecule has 4 heteroatoms. The van der Waals surface area contributed by atoms with Gasteiger partial charge in [-0.3, -0.25) is 9.69 Å². The number of aliphatic hydroxyl groups excluding tert-OH is 1. The number of rotatable bonds is 2. The van der Waals surface area contributed by atoms with Crippen LogP contribution in [0.15, 0.2) is 0 Å². The third-order valence-corrected chi connectivity index (χ3v) is 2.54. The van der Waals surface area contributed by atoms with Gasteiger partial charge in [-0.05, 0) is 26.8 Å². The zero-order chi connectivity index (χ0) is 9.84. The van der Waals surface area contributed by atoms with Crippen LogP contribution in [-0.4, -0.2) is 48.2 Å². The molecule has 0 aliphatic carbocycles. The number of hydrogen-bond acceptors (Lipinski definition) is 3. The number of nitrogens with zero attached hydrogens (tertiary/aromatic N) is 1. The molecule has 0 bridgehead atoms. The molecule has 0 aromatic heterocycles. The molecule has 2 N–H and O–H groups in total. The van der Waals surface area contributed by atoms with Gasteiger partial charge in [0.2, 0.25) is 5.91 Å². The summed E-state index contributed by atoms with van der Waals surface area (Å²) in [7, 11) is 1.93. The zero-order valence-electron chi connectivity index (χ0n) is 8.29. The van der Waals surface area contributed by atoms with Crippen LogP contribution in [0.3, 0.4) is 0 Å². The monoisotopic (exact) mass is 186 g/mol. The molecule has 1 saturated heterocycles. The van der Waals surface area contributed by atoms with Crippen molar-refractivity contribution in [2.45, 2.75) is 31.8 Å². The predicted molar refractivity (Wildman–Crippen MR) is 50.3 cm³/mol. The lowest BCUT2D eigenvalue weighted by molar-refractivity contribution is -0.126. The van der Waals surface area contributed by atoms with Crippen molar-refractivity contribution in [3.63, 3.8) is 0 Å². The van der Waals surface area contributed by atoms with E-state index in [-0.39, 0.29) is 24.6 Å². The second kappa shape index (κ2) is 4.58. The maximum Gasteiger partial charge on any atom is 0.237 e. The molecular weight excluding hydrogens is 168 g/mol. The van der Waals surface area contributed by atoms with E-state index in [4.69, 9.17) is 5.11 Å². The second-order valence-electron chi connectivity index (χ2n) is 3.71. The Labute approximate surface area is 78.9 Å². The first-order valence-electron chi connectivity index (χ1n) is 4.76. The molecule has 2 unspecified atom stereocenters. The van der Waals surface area contributed by atoms with Gasteiger partial charge in [-0.15, -0.1) is 0 Å². The highest BCUT2D eigenvalue weighted by Crippen LogP contribution is 2.09. The van der Waals surface area contributed by atoms with Gasteiger partial charge in [0.15, 0.2) is 0 Å². The molecule has 1 heterocycles. The van der Waals surface area contributed by atoms with Crippen molar-refractivity contribution in [2.24, 2.45) is 0 Å². The maximum atomic E-state index is 11.6. The average molecular weight is 186 g/mol. The van der Waals surface area contributed by atoms with E-state index in [1.165, 1.54) is 0 Å². The van der Waals surface area contributed by atoms with Crippen molar-refractivity contribution in [3.05, 3.63) is 0 Å². The molecule has 0 aromatic carbocycles. The molecule has 1 rings (SSSR count). The molecule has 0 aromatic rings. The van der Waals surface area contributed by atoms with Crippen LogP contribution in [0.5, 0.6) is 0 Å². The lowest BCUT2D eigenvalue weighted by Crippen LogP contribution is -2.44. The lowest BCUT2D eigenvalue weighted by atomic mass is 10.2. The minimum absolute atomic E-state index is 0.0431. The minimum Gasteiger partial charge on any atom is -0.396 e. The fourth-order valence-corrected chi connectivity index (χ4v) is 1.64. The van der Waals surface area contributed by atoms with E-state index in [2.05, 4.69) is 5.32 Å². The largest absolute Gasteiger partial charge is 0.396 e. The molecule has 1 aliphatic heterocycles. The zero-order valence-corrected chi connectivity index (χ0v) is 8.29. The number of nitrogens with one attached hydrogen (secondary N) is 1. The Morgan fingerprint density at radius 2 is 2.38 bits per heavy atom. The molecule has 1 fully saturated rings. The highest BCUT2D eigenvalue weighted by Gasteiger charge is 2.26. The van der Waals surface area contributed by atoms with Crippen molar-refractivity contribution < 1.29 is 9.90 Å². The first-order chi connectivity index (χ1) is 6.15. The van der Waals surface area contributed by atoms with Crippen molar-refractivity contribution in [1.29, 1.82) is 0 Å². The van der Waals surface area contributed by atoms with Crippen molar-refractivity contribution in [1.82, 2.24) is 10.2 Å². The topological polar surface area (TPSA) is 52.6 Å². The van der Waals surface area contributed by atoms with Crippen molar-refractivity contribution in [2.75, 3.05) is 20.2 Å². The molecule has 0 radical (unpaired) electrons. The molecule has 76 valence electrons. The summed E-state index contributed by atoms with van der Waals surface area (Å²) in [6.07, 6.45) is 1.50. The van der Waals surface area contributed by atoms with Gasteiger partial charge in [0.05, 0.1) is 6.04 Å². The third kappa shape index (κ3) is 2.67. The van der Waals surface area contributed by atoms with E-state index in [0.29, 0.717) is 6.42 Å². The Hall–Kier alpha value is -0.610. The van der Waals surface area contributed by atoms with Crippen LogP contribution in [0.1, 0.15) is 19.8 Å². The Morgan fingerprint density at radius 3 is 3.00 bits per heavy atom. The van der Waals surface area contributed by atoms with Crippen LogP contribution in [0.2, 0.25) is 0 Å². The number of hydrogen-bond donors (Lipinski definition) is 2. The maximum absolute atomic E-state index is 11.6. The van der Waals surface area contributed by atoms with E-state index >= 15 is 0 Å². The Balaban J connectivity index is 2.61. The van der Waals surface area contributed by atoms with E-state index in [1.807, 2.05) is 18.9 Å². The quantitative estimate of drug-likeness (QED) is 0.615. The summed E-state index contributed by atoms with van der Waals surface area (Å²) < 4.78 is 0. The van der Waals surface area contributed by atoms with Crippen molar-refractivity contribution >= 4 is 5.91 Å². The molecule has 13 heavy (non-hydrogen) atoms. The highest BCUT2D eigenvalue weighted by molar-refractivity contribution is 5.82. The van der Waals surface area contributed by atoms with E-state index < -0.39 is 0 Å². The fraction of sp³-hybridized carbons (Fsp3) is 0.889. The average Bonchev–Trinajstić information content (AvgIpc) is 2.19. The highest BCUT2D eigenvalue weighted by atomic mass is 16.3. The first kappa shape index (κ1) is 10.5. The fourth-order valence-electron chi connectivity index (χ4n) is 1.64. The molecule has 0 spiro atoms. The smallest absolute Gasteiger partial charge is 0.237 e. The minimum atomic E-state index is -0.157. The number of likely N-dealkylation sites (N-methyl/N-ethyl adjacent to an activating group) is 1. The summed E-state index contributed by atoms with van der Waals surface area (Å²) in [5.74, 6) is 0.0431. The summed E-state index contributed by atoms with van der Waals surface area (Å²) >= 11 is 0. The van der Waals surface area contributed by atoms with Crippen LogP contribution in [-0.2, 0) is 4.79 Å². The van der Waals surface area contributed by atoms with Crippen LogP contribution in [0.4, 0.5) is 0 Å². The van der Waals surface area contributed by atoms with Gasteiger partial charge in [0, 0.05) is 19.2 Å². The Kier molecular flexibility index (Phi) is 3.69. The van der Waals surface area contributed by atoms with Crippen molar-refractivity contribution in [3.8, 4) is 0 Å². The standard InChI is InChI=1S/C9H18N2O2/c1-7-3-5-11(2)8(4-6-12)9(13)10-7/h7-8,12H,3-6H2,1-2H3,(H,10,13). The first-order valence-corrected chi connectivity index (χ1v) is 4.76. The molecular formula is C9H18N2O2. The summed E-state index contributed by atoms with van der Waals surface area (Å²) in [4.78, 5) is 13.6. The van der Waals surface area contributed by atoms with Crippen LogP contribution < -0.4 is 5.32 Å². The Morgan fingerprint density at radius 1 is 1.69 bits per heavy atom. The van der Waals surface area contributed by atoms with Gasteiger partial charge >= 0.3 is 0 Å². The van der Waals surface area contributed by atoms with Gasteiger partial charge < -0.3 is 10.4 Å². The third-order valence-electron chi connectivity index (χ3n) is 2.54. The van der Waals surface area contributed by atoms with Gasteiger partial charge in [-0.2, -0.15) is 0 Å². The van der Waals surface area contributed by atoms with Gasteiger partial charge in [-0.25, -0.2) is 0 Å². The summed E-state index contributed by atoms with van der Waals surface area (Å²) in [6.45, 7) is 2.98. The number of aliphatic hydroxyl groups is 1. The molecule has 1 aliphatic rings. The van der Waals surface area contributed by atoms with E-state index in [9.17, 15) is 4.79 Å². The number of carbonyl (C=O) groups excluding carboxylic acids is 1. The van der Waals surface area contributed by atoms with E-state index in [1.54, 1.807) is 0 Å². The molecule has 4 nitrogen and oxygen atoms in total. The molecule has 2 atom stereocenters. The molecule has 0 saturated carbocycles. The van der Waals surface area contributed by atoms with Crippen LogP contribution >= 0.6 is 0 Å². The van der Waals surface area contributed by atoms with Gasteiger partial charge in [0.1, 0.15) is 0 Å². The van der Waals surface area contributed by atoms with Gasteiger partial charge in [-0.1, -0.05) is 0 Å². The number of carbonyl (C=O) groups is 1. The second-order valence-corrected chi connectivity index (χ2v) is 3.71. The Bertz CT molecular complexity index is 184. The van der Waals surface area contributed by atoms with E-state index in [0.717, 1.165) is 13.0 Å².